The van der Waals surface area contributed by atoms with Crippen molar-refractivity contribution < 1.29 is 0 Å². The number of aromatic nitrogens is 2. The van der Waals surface area contributed by atoms with Gasteiger partial charge in [0.25, 0.3) is 0 Å². The molecule has 1 aliphatic rings. The third-order valence-electron chi connectivity index (χ3n) is 3.27. The largest absolute Gasteiger partial charge is 0.382 e. The second-order valence-electron chi connectivity index (χ2n) is 4.74. The van der Waals surface area contributed by atoms with E-state index in [-0.39, 0.29) is 0 Å². The van der Waals surface area contributed by atoms with Gasteiger partial charge in [0.05, 0.1) is 11.9 Å². The van der Waals surface area contributed by atoms with Gasteiger partial charge < -0.3 is 10.2 Å². The average Bonchev–Trinajstić information content (AvgIpc) is 2.74. The van der Waals surface area contributed by atoms with E-state index in [9.17, 15) is 0 Å². The van der Waals surface area contributed by atoms with E-state index in [0.29, 0.717) is 0 Å². The van der Waals surface area contributed by atoms with E-state index >= 15 is 0 Å². The Morgan fingerprint density at radius 2 is 2.44 bits per heavy atom. The van der Waals surface area contributed by atoms with Gasteiger partial charge in [-0.25, -0.2) is 0 Å². The van der Waals surface area contributed by atoms with Crippen LogP contribution in [0.2, 0.25) is 0 Å². The summed E-state index contributed by atoms with van der Waals surface area (Å²) in [5, 5.41) is 7.74. The van der Waals surface area contributed by atoms with Crippen LogP contribution in [0.25, 0.3) is 0 Å². The molecular weight excluding hydrogens is 200 g/mol. The van der Waals surface area contributed by atoms with Crippen molar-refractivity contribution in [1.29, 1.82) is 0 Å². The van der Waals surface area contributed by atoms with Gasteiger partial charge in [-0.3, -0.25) is 4.68 Å². The zero-order valence-corrected chi connectivity index (χ0v) is 10.3. The topological polar surface area (TPSA) is 33.1 Å². The molecule has 1 unspecified atom stereocenters. The summed E-state index contributed by atoms with van der Waals surface area (Å²) in [6.45, 7) is 6.58. The van der Waals surface area contributed by atoms with Gasteiger partial charge in [-0.1, -0.05) is 0 Å². The van der Waals surface area contributed by atoms with Crippen LogP contribution in [0.1, 0.15) is 19.8 Å². The minimum atomic E-state index is 0.781. The van der Waals surface area contributed by atoms with E-state index in [1.54, 1.807) is 0 Å². The molecule has 1 fully saturated rings. The number of anilines is 1. The average molecular weight is 222 g/mol. The Morgan fingerprint density at radius 3 is 3.12 bits per heavy atom. The molecule has 4 heteroatoms. The third kappa shape index (κ3) is 2.98. The molecule has 1 aliphatic heterocycles. The van der Waals surface area contributed by atoms with Gasteiger partial charge in [-0.15, -0.1) is 0 Å². The normalized spacial score (nSPS) is 22.2. The lowest BCUT2D eigenvalue weighted by Crippen LogP contribution is -2.35. The highest BCUT2D eigenvalue weighted by molar-refractivity contribution is 5.38. The van der Waals surface area contributed by atoms with Crippen LogP contribution < -0.4 is 5.32 Å². The summed E-state index contributed by atoms with van der Waals surface area (Å²) in [6, 6.07) is 0. The molecule has 0 bridgehead atoms. The number of likely N-dealkylation sites (tertiary alicyclic amines) is 1. The summed E-state index contributed by atoms with van der Waals surface area (Å²) in [7, 11) is 2.21. The van der Waals surface area contributed by atoms with E-state index in [1.807, 2.05) is 10.9 Å². The molecule has 1 saturated heterocycles. The lowest BCUT2D eigenvalue weighted by atomic mass is 9.98. The lowest BCUT2D eigenvalue weighted by molar-refractivity contribution is 0.217. The summed E-state index contributed by atoms with van der Waals surface area (Å²) in [4.78, 5) is 2.42. The molecule has 0 saturated carbocycles. The highest BCUT2D eigenvalue weighted by Crippen LogP contribution is 2.16. The van der Waals surface area contributed by atoms with Crippen LogP contribution in [0.15, 0.2) is 12.4 Å². The molecule has 4 nitrogen and oxygen atoms in total. The molecule has 0 aromatic carbocycles. The number of hydrogen-bond acceptors (Lipinski definition) is 3. The van der Waals surface area contributed by atoms with Gasteiger partial charge in [0.2, 0.25) is 0 Å². The van der Waals surface area contributed by atoms with Crippen molar-refractivity contribution >= 4 is 5.69 Å². The molecule has 16 heavy (non-hydrogen) atoms. The van der Waals surface area contributed by atoms with Crippen molar-refractivity contribution in [2.75, 3.05) is 32.0 Å². The van der Waals surface area contributed by atoms with Crippen LogP contribution >= 0.6 is 0 Å². The minimum Gasteiger partial charge on any atom is -0.382 e. The summed E-state index contributed by atoms with van der Waals surface area (Å²) in [5.41, 5.74) is 1.15. The Labute approximate surface area is 97.6 Å². The molecule has 90 valence electrons. The first kappa shape index (κ1) is 11.5. The van der Waals surface area contributed by atoms with Crippen LogP contribution in [0.4, 0.5) is 5.69 Å². The summed E-state index contributed by atoms with van der Waals surface area (Å²) < 4.78 is 1.95. The van der Waals surface area contributed by atoms with Crippen molar-refractivity contribution in [2.24, 2.45) is 5.92 Å². The molecule has 2 rings (SSSR count). The summed E-state index contributed by atoms with van der Waals surface area (Å²) in [6.07, 6.45) is 6.67. The van der Waals surface area contributed by atoms with Crippen LogP contribution in [0.3, 0.4) is 0 Å². The number of aryl methyl sites for hydroxylation is 1. The second kappa shape index (κ2) is 5.34. The van der Waals surface area contributed by atoms with E-state index in [0.717, 1.165) is 24.7 Å². The first-order valence-electron chi connectivity index (χ1n) is 6.23. The lowest BCUT2D eigenvalue weighted by Gasteiger charge is -2.29. The number of nitrogens with one attached hydrogen (secondary N) is 1. The van der Waals surface area contributed by atoms with Crippen LogP contribution in [-0.2, 0) is 6.54 Å². The molecule has 1 aromatic heterocycles. The van der Waals surface area contributed by atoms with Crippen molar-refractivity contribution in [3.63, 3.8) is 0 Å². The number of nitrogens with zero attached hydrogens (tertiary/aromatic N) is 3. The molecule has 0 amide bonds. The molecule has 1 aromatic rings. The zero-order valence-electron chi connectivity index (χ0n) is 10.3. The Kier molecular flexibility index (Phi) is 3.83. The van der Waals surface area contributed by atoms with Gasteiger partial charge in [0.15, 0.2) is 0 Å². The van der Waals surface area contributed by atoms with Crippen molar-refractivity contribution in [3.8, 4) is 0 Å². The summed E-state index contributed by atoms with van der Waals surface area (Å²) in [5.74, 6) is 0.781. The maximum Gasteiger partial charge on any atom is 0.0726 e. The maximum absolute atomic E-state index is 4.26. The fourth-order valence-electron chi connectivity index (χ4n) is 2.33. The maximum atomic E-state index is 4.26. The van der Waals surface area contributed by atoms with Crippen molar-refractivity contribution in [3.05, 3.63) is 12.4 Å². The molecule has 1 N–H and O–H groups in total. The fraction of sp³-hybridized carbons (Fsp3) is 0.750. The van der Waals surface area contributed by atoms with E-state index in [4.69, 9.17) is 0 Å². The Balaban J connectivity index is 1.78. The predicted octanol–water partition coefficient (Wildman–Crippen LogP) is 1.66. The van der Waals surface area contributed by atoms with Gasteiger partial charge in [-0.2, -0.15) is 5.10 Å². The minimum absolute atomic E-state index is 0.781. The molecule has 0 radical (unpaired) electrons. The number of hydrogen-bond donors (Lipinski definition) is 1. The van der Waals surface area contributed by atoms with Crippen LogP contribution in [0, 0.1) is 5.92 Å². The monoisotopic (exact) mass is 222 g/mol. The van der Waals surface area contributed by atoms with Crippen LogP contribution in [-0.4, -0.2) is 41.4 Å². The highest BCUT2D eigenvalue weighted by Gasteiger charge is 2.16. The molecule has 0 aliphatic carbocycles. The second-order valence-corrected chi connectivity index (χ2v) is 4.74. The van der Waals surface area contributed by atoms with E-state index in [2.05, 4.69) is 35.5 Å². The molecule has 1 atom stereocenters. The zero-order chi connectivity index (χ0) is 11.4. The Bertz CT molecular complexity index is 321. The molecule has 0 spiro atoms. The van der Waals surface area contributed by atoms with Gasteiger partial charge in [0, 0.05) is 25.8 Å². The first-order chi connectivity index (χ1) is 7.78. The van der Waals surface area contributed by atoms with Gasteiger partial charge >= 0.3 is 0 Å². The number of rotatable bonds is 4. The molecular formula is C12H22N4. The predicted molar refractivity (Wildman–Crippen MR) is 66.6 cm³/mol. The summed E-state index contributed by atoms with van der Waals surface area (Å²) >= 11 is 0. The Morgan fingerprint density at radius 1 is 1.56 bits per heavy atom. The fourth-order valence-corrected chi connectivity index (χ4v) is 2.33. The SMILES string of the molecule is CCn1cc(NCC2CCCN(C)C2)cn1. The number of piperidine rings is 1. The highest BCUT2D eigenvalue weighted by atomic mass is 15.3. The van der Waals surface area contributed by atoms with Gasteiger partial charge in [-0.05, 0) is 39.3 Å². The van der Waals surface area contributed by atoms with E-state index < -0.39 is 0 Å². The van der Waals surface area contributed by atoms with Crippen LogP contribution in [0.5, 0.6) is 0 Å². The molecule has 2 heterocycles. The smallest absolute Gasteiger partial charge is 0.0726 e. The standard InChI is InChI=1S/C12H22N4/c1-3-16-10-12(8-14-16)13-7-11-5-4-6-15(2)9-11/h8,10-11,13H,3-7,9H2,1-2H3. The van der Waals surface area contributed by atoms with Crippen molar-refractivity contribution in [2.45, 2.75) is 26.3 Å². The quantitative estimate of drug-likeness (QED) is 0.841. The third-order valence-corrected chi connectivity index (χ3v) is 3.27. The van der Waals surface area contributed by atoms with Gasteiger partial charge in [0.1, 0.15) is 0 Å². The van der Waals surface area contributed by atoms with E-state index in [1.165, 1.54) is 25.9 Å². The Hall–Kier alpha value is -1.03. The van der Waals surface area contributed by atoms with Crippen molar-refractivity contribution in [1.82, 2.24) is 14.7 Å². The first-order valence-corrected chi connectivity index (χ1v) is 6.23.